The van der Waals surface area contributed by atoms with Crippen LogP contribution in [0.3, 0.4) is 0 Å². The maximum absolute atomic E-state index is 13.1. The van der Waals surface area contributed by atoms with Gasteiger partial charge in [-0.3, -0.25) is 19.7 Å². The molecule has 1 aliphatic heterocycles. The van der Waals surface area contributed by atoms with Crippen LogP contribution in [0.15, 0.2) is 70.8 Å². The minimum atomic E-state index is -0.724. The largest absolute Gasteiger partial charge is 0.462 e. The summed E-state index contributed by atoms with van der Waals surface area (Å²) in [5, 5.41) is 7.46. The summed E-state index contributed by atoms with van der Waals surface area (Å²) >= 11 is 7.49. The fourth-order valence-electron chi connectivity index (χ4n) is 3.20. The average Bonchev–Trinajstić information content (AvgIpc) is 3.45. The van der Waals surface area contributed by atoms with Crippen LogP contribution in [0.25, 0.3) is 0 Å². The molecule has 0 radical (unpaired) electrons. The van der Waals surface area contributed by atoms with Gasteiger partial charge in [0.1, 0.15) is 10.7 Å². The summed E-state index contributed by atoms with van der Waals surface area (Å²) in [5.74, 6) is -2.29. The molecule has 178 valence electrons. The number of imide groups is 1. The summed E-state index contributed by atoms with van der Waals surface area (Å²) in [5.41, 5.74) is 1.11. The van der Waals surface area contributed by atoms with Crippen molar-refractivity contribution in [3.63, 3.8) is 0 Å². The highest BCUT2D eigenvalue weighted by Crippen LogP contribution is 2.30. The van der Waals surface area contributed by atoms with Gasteiger partial charge in [-0.1, -0.05) is 24.6 Å². The van der Waals surface area contributed by atoms with Crippen molar-refractivity contribution in [2.75, 3.05) is 22.1 Å². The lowest BCUT2D eigenvalue weighted by Gasteiger charge is -2.16. The molecular formula is C24H19ClN4O5S. The number of amides is 3. The summed E-state index contributed by atoms with van der Waals surface area (Å²) in [6.45, 7) is 2.13. The number of hydrogen-bond donors (Lipinski definition) is 2. The molecule has 0 saturated carbocycles. The second kappa shape index (κ2) is 10.5. The van der Waals surface area contributed by atoms with Gasteiger partial charge in [-0.15, -0.1) is 11.3 Å². The topological polar surface area (TPSA) is 118 Å². The number of ether oxygens (including phenoxy) is 1. The van der Waals surface area contributed by atoms with Crippen molar-refractivity contribution in [3.8, 4) is 0 Å². The quantitative estimate of drug-likeness (QED) is 0.340. The predicted molar refractivity (Wildman–Crippen MR) is 133 cm³/mol. The van der Waals surface area contributed by atoms with Gasteiger partial charge in [-0.25, -0.2) is 14.7 Å². The van der Waals surface area contributed by atoms with Gasteiger partial charge in [0.25, 0.3) is 17.7 Å². The molecular weight excluding hydrogens is 492 g/mol. The maximum Gasteiger partial charge on any atom is 0.338 e. The molecule has 3 amide bonds. The molecule has 1 aliphatic rings. The van der Waals surface area contributed by atoms with Crippen molar-refractivity contribution in [1.82, 2.24) is 4.98 Å². The first-order valence-corrected chi connectivity index (χ1v) is 11.8. The molecule has 4 rings (SSSR count). The molecule has 3 aromatic rings. The van der Waals surface area contributed by atoms with E-state index in [1.165, 1.54) is 29.5 Å². The summed E-state index contributed by atoms with van der Waals surface area (Å²) < 4.78 is 5.12. The van der Waals surface area contributed by atoms with Crippen LogP contribution < -0.4 is 15.5 Å². The summed E-state index contributed by atoms with van der Waals surface area (Å²) in [7, 11) is 0. The Morgan fingerprint density at radius 1 is 1.09 bits per heavy atom. The Kier molecular flexibility index (Phi) is 7.23. The van der Waals surface area contributed by atoms with Crippen molar-refractivity contribution < 1.29 is 23.9 Å². The van der Waals surface area contributed by atoms with Gasteiger partial charge >= 0.3 is 5.97 Å². The molecule has 2 N–H and O–H groups in total. The van der Waals surface area contributed by atoms with Gasteiger partial charge in [-0.2, -0.15) is 0 Å². The van der Waals surface area contributed by atoms with E-state index in [0.717, 1.165) is 4.90 Å². The van der Waals surface area contributed by atoms with Crippen molar-refractivity contribution in [3.05, 3.63) is 82.0 Å². The van der Waals surface area contributed by atoms with Crippen LogP contribution in [0.1, 0.15) is 34.1 Å². The van der Waals surface area contributed by atoms with Crippen LogP contribution in [0, 0.1) is 0 Å². The molecule has 2 heterocycles. The molecule has 0 bridgehead atoms. The van der Waals surface area contributed by atoms with Crippen LogP contribution in [-0.4, -0.2) is 35.3 Å². The van der Waals surface area contributed by atoms with Gasteiger partial charge in [0.15, 0.2) is 5.13 Å². The molecule has 1 aromatic heterocycles. The number of rotatable bonds is 8. The number of benzene rings is 2. The van der Waals surface area contributed by atoms with E-state index in [2.05, 4.69) is 15.6 Å². The van der Waals surface area contributed by atoms with Gasteiger partial charge in [0.2, 0.25) is 0 Å². The molecule has 0 atom stereocenters. The first kappa shape index (κ1) is 24.1. The Morgan fingerprint density at radius 2 is 1.86 bits per heavy atom. The third-order valence-electron chi connectivity index (χ3n) is 4.87. The van der Waals surface area contributed by atoms with Crippen molar-refractivity contribution in [2.24, 2.45) is 0 Å². The molecule has 35 heavy (non-hydrogen) atoms. The highest BCUT2D eigenvalue weighted by Gasteiger charge is 2.39. The fourth-order valence-corrected chi connectivity index (χ4v) is 3.94. The van der Waals surface area contributed by atoms with Gasteiger partial charge in [0, 0.05) is 22.8 Å². The smallest absolute Gasteiger partial charge is 0.338 e. The number of thiazole rings is 1. The van der Waals surface area contributed by atoms with E-state index in [0.29, 0.717) is 22.8 Å². The van der Waals surface area contributed by atoms with Crippen LogP contribution in [-0.2, 0) is 14.3 Å². The minimum Gasteiger partial charge on any atom is -0.462 e. The molecule has 0 saturated heterocycles. The minimum absolute atomic E-state index is 0.115. The van der Waals surface area contributed by atoms with E-state index in [1.54, 1.807) is 41.9 Å². The first-order chi connectivity index (χ1) is 16.9. The fraction of sp³-hybridized carbons (Fsp3) is 0.125. The second-order valence-corrected chi connectivity index (χ2v) is 8.59. The molecule has 11 heteroatoms. The highest BCUT2D eigenvalue weighted by atomic mass is 35.5. The average molecular weight is 511 g/mol. The lowest BCUT2D eigenvalue weighted by atomic mass is 10.2. The second-order valence-electron chi connectivity index (χ2n) is 7.31. The summed E-state index contributed by atoms with van der Waals surface area (Å²) in [6, 6.07) is 12.3. The Bertz CT molecular complexity index is 1320. The molecule has 0 fully saturated rings. The summed E-state index contributed by atoms with van der Waals surface area (Å²) in [4.78, 5) is 55.2. The Morgan fingerprint density at radius 3 is 2.54 bits per heavy atom. The lowest BCUT2D eigenvalue weighted by Crippen LogP contribution is -2.32. The van der Waals surface area contributed by atoms with E-state index < -0.39 is 17.8 Å². The van der Waals surface area contributed by atoms with Gasteiger partial charge in [-0.05, 0) is 48.9 Å². The molecule has 0 aliphatic carbocycles. The number of carbonyl (C=O) groups excluding carboxylic acids is 4. The number of aromatic nitrogens is 1. The molecule has 0 spiro atoms. The molecule has 9 nitrogen and oxygen atoms in total. The molecule has 0 unspecified atom stereocenters. The van der Waals surface area contributed by atoms with Crippen LogP contribution in [0.5, 0.6) is 0 Å². The van der Waals surface area contributed by atoms with Gasteiger partial charge in [0.05, 0.1) is 17.9 Å². The SMILES string of the molecule is CCCOC(=O)c1cccc(N2C(=O)C(Cl)=C(Nc3ccc(C(=O)Nc4nccs4)cc3)C2=O)c1. The number of esters is 1. The monoisotopic (exact) mass is 510 g/mol. The Balaban J connectivity index is 1.48. The number of nitrogens with zero attached hydrogens (tertiary/aromatic N) is 2. The van der Waals surface area contributed by atoms with E-state index >= 15 is 0 Å². The highest BCUT2D eigenvalue weighted by molar-refractivity contribution is 7.13. The van der Waals surface area contributed by atoms with E-state index in [1.807, 2.05) is 6.92 Å². The van der Waals surface area contributed by atoms with E-state index in [9.17, 15) is 19.2 Å². The van der Waals surface area contributed by atoms with Crippen LogP contribution in [0.4, 0.5) is 16.5 Å². The number of halogens is 1. The third-order valence-corrected chi connectivity index (χ3v) is 5.91. The van der Waals surface area contributed by atoms with Gasteiger partial charge < -0.3 is 10.1 Å². The summed E-state index contributed by atoms with van der Waals surface area (Å²) in [6.07, 6.45) is 2.25. The Hall–Kier alpha value is -4.02. The zero-order valence-electron chi connectivity index (χ0n) is 18.4. The van der Waals surface area contributed by atoms with Crippen LogP contribution >= 0.6 is 22.9 Å². The molecule has 2 aromatic carbocycles. The zero-order chi connectivity index (χ0) is 24.9. The van der Waals surface area contributed by atoms with Crippen molar-refractivity contribution in [1.29, 1.82) is 0 Å². The number of anilines is 3. The maximum atomic E-state index is 13.1. The number of nitrogens with one attached hydrogen (secondary N) is 2. The normalized spacial score (nSPS) is 13.3. The van der Waals surface area contributed by atoms with Crippen LogP contribution in [0.2, 0.25) is 0 Å². The van der Waals surface area contributed by atoms with Crippen molar-refractivity contribution >= 4 is 63.1 Å². The van der Waals surface area contributed by atoms with Crippen molar-refractivity contribution in [2.45, 2.75) is 13.3 Å². The number of carbonyl (C=O) groups is 4. The Labute approximate surface area is 209 Å². The van der Waals surface area contributed by atoms with E-state index in [4.69, 9.17) is 16.3 Å². The number of hydrogen-bond acceptors (Lipinski definition) is 8. The zero-order valence-corrected chi connectivity index (χ0v) is 20.0. The lowest BCUT2D eigenvalue weighted by molar-refractivity contribution is -0.120. The van der Waals surface area contributed by atoms with E-state index in [-0.39, 0.29) is 34.5 Å². The standard InChI is InChI=1S/C24H19ClN4O5S/c1-2-11-34-23(33)15-4-3-5-17(13-15)29-21(31)18(25)19(22(29)32)27-16-8-6-14(7-9-16)20(30)28-24-26-10-12-35-24/h3-10,12-13,27H,2,11H2,1H3,(H,26,28,30). The predicted octanol–water partition coefficient (Wildman–Crippen LogP) is 4.40. The third kappa shape index (κ3) is 5.23. The first-order valence-electron chi connectivity index (χ1n) is 10.5.